The van der Waals surface area contributed by atoms with E-state index < -0.39 is 5.82 Å². The molecule has 0 spiro atoms. The number of rotatable bonds is 5. The van der Waals surface area contributed by atoms with E-state index in [1.807, 2.05) is 23.1 Å². The van der Waals surface area contributed by atoms with Gasteiger partial charge in [-0.25, -0.2) is 9.37 Å². The molecule has 0 saturated carbocycles. The Bertz CT molecular complexity index is 1170. The Morgan fingerprint density at radius 1 is 1.04 bits per heavy atom. The highest BCUT2D eigenvalue weighted by Gasteiger charge is 2.15. The Morgan fingerprint density at radius 3 is 2.64 bits per heavy atom. The molecule has 6 heteroatoms. The number of hydrogen-bond donors (Lipinski definition) is 1. The number of hydrogen-bond acceptors (Lipinski definition) is 4. The van der Waals surface area contributed by atoms with E-state index >= 15 is 0 Å². The number of pyridine rings is 1. The van der Waals surface area contributed by atoms with Crippen molar-refractivity contribution in [3.05, 3.63) is 100.0 Å². The first-order valence-corrected chi connectivity index (χ1v) is 8.98. The Kier molecular flexibility index (Phi) is 4.85. The molecule has 2 aromatic carbocycles. The molecule has 28 heavy (non-hydrogen) atoms. The van der Waals surface area contributed by atoms with Gasteiger partial charge in [0, 0.05) is 36.9 Å². The molecule has 2 aromatic heterocycles. The summed E-state index contributed by atoms with van der Waals surface area (Å²) in [6.45, 7) is 3.05. The third-order valence-electron chi connectivity index (χ3n) is 4.77. The summed E-state index contributed by atoms with van der Waals surface area (Å²) in [7, 11) is 0. The largest absolute Gasteiger partial charge is 0.347 e. The fraction of sp³-hybridized carbons (Fsp3) is 0.136. The van der Waals surface area contributed by atoms with Gasteiger partial charge in [-0.1, -0.05) is 36.4 Å². The van der Waals surface area contributed by atoms with Gasteiger partial charge in [0.15, 0.2) is 0 Å². The van der Waals surface area contributed by atoms with E-state index in [2.05, 4.69) is 34.0 Å². The van der Waals surface area contributed by atoms with Crippen LogP contribution in [0.25, 0.3) is 10.9 Å². The van der Waals surface area contributed by atoms with Crippen molar-refractivity contribution in [2.75, 3.05) is 4.90 Å². The van der Waals surface area contributed by atoms with Crippen LogP contribution in [0.2, 0.25) is 0 Å². The number of aryl methyl sites for hydroxylation is 1. The first-order chi connectivity index (χ1) is 13.6. The molecule has 0 saturated heterocycles. The van der Waals surface area contributed by atoms with Crippen molar-refractivity contribution in [3.63, 3.8) is 0 Å². The highest BCUT2D eigenvalue weighted by atomic mass is 19.1. The lowest BCUT2D eigenvalue weighted by atomic mass is 10.1. The van der Waals surface area contributed by atoms with Crippen LogP contribution in [0.4, 0.5) is 10.2 Å². The maximum Gasteiger partial charge on any atom is 0.248 e. The van der Waals surface area contributed by atoms with E-state index in [1.54, 1.807) is 24.7 Å². The summed E-state index contributed by atoms with van der Waals surface area (Å²) in [4.78, 5) is 25.3. The second-order valence-electron chi connectivity index (χ2n) is 6.67. The van der Waals surface area contributed by atoms with Gasteiger partial charge in [-0.2, -0.15) is 0 Å². The first-order valence-electron chi connectivity index (χ1n) is 8.98. The quantitative estimate of drug-likeness (QED) is 0.574. The summed E-state index contributed by atoms with van der Waals surface area (Å²) in [5, 5.41) is 0.679. The summed E-state index contributed by atoms with van der Waals surface area (Å²) >= 11 is 0. The number of fused-ring (bicyclic) bond motifs is 1. The molecule has 0 bridgehead atoms. The van der Waals surface area contributed by atoms with Crippen LogP contribution in [0.1, 0.15) is 16.7 Å². The van der Waals surface area contributed by atoms with Gasteiger partial charge >= 0.3 is 0 Å². The Labute approximate surface area is 161 Å². The first kappa shape index (κ1) is 17.9. The Morgan fingerprint density at radius 2 is 1.86 bits per heavy atom. The molecule has 0 aliphatic heterocycles. The minimum absolute atomic E-state index is 0.222. The number of aromatic nitrogens is 3. The predicted octanol–water partition coefficient (Wildman–Crippen LogP) is 3.97. The SMILES string of the molecule is Cc1ccccc1CN(Cc1cc(=O)[nH]c2c(F)cccc12)c1cnccn1. The van der Waals surface area contributed by atoms with Crippen LogP contribution >= 0.6 is 0 Å². The second kappa shape index (κ2) is 7.60. The normalized spacial score (nSPS) is 10.9. The number of nitrogens with zero attached hydrogens (tertiary/aromatic N) is 3. The van der Waals surface area contributed by atoms with Gasteiger partial charge in [0.2, 0.25) is 5.56 Å². The van der Waals surface area contributed by atoms with Crippen LogP contribution in [-0.2, 0) is 13.1 Å². The van der Waals surface area contributed by atoms with E-state index in [-0.39, 0.29) is 11.1 Å². The van der Waals surface area contributed by atoms with Crippen LogP contribution in [0, 0.1) is 12.7 Å². The molecule has 0 unspecified atom stereocenters. The topological polar surface area (TPSA) is 61.9 Å². The van der Waals surface area contributed by atoms with Gasteiger partial charge in [0.05, 0.1) is 11.7 Å². The fourth-order valence-electron chi connectivity index (χ4n) is 3.32. The smallest absolute Gasteiger partial charge is 0.248 e. The molecule has 0 amide bonds. The molecular formula is C22H19FN4O. The number of para-hydroxylation sites is 1. The van der Waals surface area contributed by atoms with Crippen LogP contribution in [0.3, 0.4) is 0 Å². The zero-order valence-electron chi connectivity index (χ0n) is 15.4. The Balaban J connectivity index is 1.79. The molecule has 0 aliphatic rings. The van der Waals surface area contributed by atoms with E-state index in [1.165, 1.54) is 17.7 Å². The zero-order chi connectivity index (χ0) is 19.5. The average molecular weight is 374 g/mol. The van der Waals surface area contributed by atoms with E-state index in [4.69, 9.17) is 0 Å². The van der Waals surface area contributed by atoms with Crippen LogP contribution < -0.4 is 10.5 Å². The number of anilines is 1. The van der Waals surface area contributed by atoms with Crippen LogP contribution in [-0.4, -0.2) is 15.0 Å². The highest BCUT2D eigenvalue weighted by Crippen LogP contribution is 2.23. The van der Waals surface area contributed by atoms with Crippen LogP contribution in [0.5, 0.6) is 0 Å². The van der Waals surface area contributed by atoms with Crippen molar-refractivity contribution in [1.29, 1.82) is 0 Å². The molecule has 4 aromatic rings. The number of H-pyrrole nitrogens is 1. The molecule has 0 radical (unpaired) electrons. The van der Waals surface area contributed by atoms with E-state index in [0.29, 0.717) is 24.3 Å². The maximum absolute atomic E-state index is 14.2. The summed E-state index contributed by atoms with van der Waals surface area (Å²) in [6.07, 6.45) is 4.94. The Hall–Kier alpha value is -3.54. The molecular weight excluding hydrogens is 355 g/mol. The molecule has 0 atom stereocenters. The summed E-state index contributed by atoms with van der Waals surface area (Å²) in [5.41, 5.74) is 2.94. The van der Waals surface area contributed by atoms with Gasteiger partial charge in [-0.05, 0) is 29.7 Å². The molecule has 5 nitrogen and oxygen atoms in total. The van der Waals surface area contributed by atoms with E-state index in [9.17, 15) is 9.18 Å². The van der Waals surface area contributed by atoms with Gasteiger partial charge in [0.25, 0.3) is 0 Å². The lowest BCUT2D eigenvalue weighted by Gasteiger charge is -2.25. The minimum Gasteiger partial charge on any atom is -0.347 e. The third kappa shape index (κ3) is 3.62. The summed E-state index contributed by atoms with van der Waals surface area (Å²) in [5.74, 6) is 0.247. The van der Waals surface area contributed by atoms with Gasteiger partial charge in [-0.3, -0.25) is 9.78 Å². The molecule has 4 rings (SSSR count). The van der Waals surface area contributed by atoms with Gasteiger partial charge in [-0.15, -0.1) is 0 Å². The molecule has 140 valence electrons. The molecule has 2 heterocycles. The highest BCUT2D eigenvalue weighted by molar-refractivity contribution is 5.82. The van der Waals surface area contributed by atoms with Crippen molar-refractivity contribution >= 4 is 16.7 Å². The van der Waals surface area contributed by atoms with E-state index in [0.717, 1.165) is 11.1 Å². The minimum atomic E-state index is -0.443. The standard InChI is InChI=1S/C22H19FN4O/c1-15-5-2-3-6-16(15)13-27(20-12-24-9-10-25-20)14-17-11-21(28)26-22-18(17)7-4-8-19(22)23/h2-12H,13-14H2,1H3,(H,26,28). The fourth-order valence-corrected chi connectivity index (χ4v) is 3.32. The monoisotopic (exact) mass is 374 g/mol. The lowest BCUT2D eigenvalue weighted by Crippen LogP contribution is -2.25. The number of benzene rings is 2. The molecule has 0 fully saturated rings. The average Bonchev–Trinajstić information content (AvgIpc) is 2.70. The molecule has 1 N–H and O–H groups in total. The lowest BCUT2D eigenvalue weighted by molar-refractivity contribution is 0.636. The zero-order valence-corrected chi connectivity index (χ0v) is 15.4. The third-order valence-corrected chi connectivity index (χ3v) is 4.77. The number of nitrogens with one attached hydrogen (secondary N) is 1. The van der Waals surface area contributed by atoms with Crippen LogP contribution in [0.15, 0.2) is 71.9 Å². The van der Waals surface area contributed by atoms with Crippen molar-refractivity contribution in [2.45, 2.75) is 20.0 Å². The summed E-state index contributed by atoms with van der Waals surface area (Å²) < 4.78 is 14.2. The molecule has 0 aliphatic carbocycles. The second-order valence-corrected chi connectivity index (χ2v) is 6.67. The maximum atomic E-state index is 14.2. The number of halogens is 1. The van der Waals surface area contributed by atoms with Crippen molar-refractivity contribution < 1.29 is 4.39 Å². The number of aromatic amines is 1. The van der Waals surface area contributed by atoms with Crippen molar-refractivity contribution in [2.24, 2.45) is 0 Å². The van der Waals surface area contributed by atoms with Gasteiger partial charge in [0.1, 0.15) is 11.6 Å². The summed E-state index contributed by atoms with van der Waals surface area (Å²) in [6, 6.07) is 14.4. The van der Waals surface area contributed by atoms with Gasteiger partial charge < -0.3 is 9.88 Å². The predicted molar refractivity (Wildman–Crippen MR) is 108 cm³/mol. The van der Waals surface area contributed by atoms with Crippen molar-refractivity contribution in [3.8, 4) is 0 Å². The van der Waals surface area contributed by atoms with Crippen molar-refractivity contribution in [1.82, 2.24) is 15.0 Å².